The van der Waals surface area contributed by atoms with Gasteiger partial charge < -0.3 is 9.47 Å². The van der Waals surface area contributed by atoms with Gasteiger partial charge in [0.2, 0.25) is 0 Å². The van der Waals surface area contributed by atoms with E-state index in [1.165, 1.54) is 38.5 Å². The molecule has 3 fully saturated rings. The van der Waals surface area contributed by atoms with Gasteiger partial charge in [-0.25, -0.2) is 0 Å². The van der Waals surface area contributed by atoms with Crippen molar-refractivity contribution in [3.05, 3.63) is 0 Å². The topological polar surface area (TPSA) is 18.5 Å². The van der Waals surface area contributed by atoms with Gasteiger partial charge in [-0.15, -0.1) is 0 Å². The molecule has 2 saturated carbocycles. The Balaban J connectivity index is 1.62. The molecule has 0 N–H and O–H groups in total. The van der Waals surface area contributed by atoms with Crippen molar-refractivity contribution in [2.75, 3.05) is 13.2 Å². The molecule has 0 radical (unpaired) electrons. The molecule has 0 unspecified atom stereocenters. The first-order valence-electron chi connectivity index (χ1n) is 7.04. The fourth-order valence-electron chi connectivity index (χ4n) is 3.58. The number of rotatable bonds is 3. The summed E-state index contributed by atoms with van der Waals surface area (Å²) in [7, 11) is 0. The van der Waals surface area contributed by atoms with E-state index in [1.807, 2.05) is 0 Å². The Hall–Kier alpha value is -0.0800. The predicted molar refractivity (Wildman–Crippen MR) is 63.2 cm³/mol. The van der Waals surface area contributed by atoms with Crippen LogP contribution in [-0.4, -0.2) is 19.0 Å². The normalized spacial score (nSPS) is 32.1. The second-order valence-electron chi connectivity index (χ2n) is 6.11. The van der Waals surface area contributed by atoms with E-state index in [0.29, 0.717) is 5.41 Å². The second kappa shape index (κ2) is 3.99. The van der Waals surface area contributed by atoms with Crippen LogP contribution in [0.2, 0.25) is 0 Å². The van der Waals surface area contributed by atoms with Gasteiger partial charge in [0.25, 0.3) is 0 Å². The van der Waals surface area contributed by atoms with E-state index in [4.69, 9.17) is 9.47 Å². The van der Waals surface area contributed by atoms with Crippen molar-refractivity contribution < 1.29 is 9.47 Å². The highest BCUT2D eigenvalue weighted by atomic mass is 16.7. The molecule has 0 atom stereocenters. The lowest BCUT2D eigenvalue weighted by atomic mass is 9.67. The number of hydrogen-bond donors (Lipinski definition) is 0. The molecule has 2 aliphatic carbocycles. The summed E-state index contributed by atoms with van der Waals surface area (Å²) in [5.41, 5.74) is 0.627. The van der Waals surface area contributed by atoms with Crippen molar-refractivity contribution in [2.24, 2.45) is 11.3 Å². The molecule has 0 aromatic heterocycles. The van der Waals surface area contributed by atoms with E-state index in [9.17, 15) is 0 Å². The summed E-state index contributed by atoms with van der Waals surface area (Å²) in [6.07, 6.45) is 10.7. The molecule has 1 aliphatic heterocycles. The Morgan fingerprint density at radius 1 is 1.00 bits per heavy atom. The Labute approximate surface area is 98.7 Å². The van der Waals surface area contributed by atoms with Gasteiger partial charge in [0.15, 0.2) is 5.79 Å². The third-order valence-corrected chi connectivity index (χ3v) is 5.05. The molecule has 2 nitrogen and oxygen atoms in total. The second-order valence-corrected chi connectivity index (χ2v) is 6.11. The van der Waals surface area contributed by atoms with Crippen molar-refractivity contribution in [1.82, 2.24) is 0 Å². The first-order valence-corrected chi connectivity index (χ1v) is 7.04. The Morgan fingerprint density at radius 3 is 2.12 bits per heavy atom. The van der Waals surface area contributed by atoms with Crippen LogP contribution in [0.25, 0.3) is 0 Å². The Bertz CT molecular complexity index is 241. The third kappa shape index (κ3) is 2.02. The van der Waals surface area contributed by atoms with Gasteiger partial charge in [0.1, 0.15) is 0 Å². The van der Waals surface area contributed by atoms with Gasteiger partial charge in [0, 0.05) is 12.8 Å². The van der Waals surface area contributed by atoms with E-state index in [2.05, 4.69) is 6.92 Å². The Kier molecular flexibility index (Phi) is 2.75. The molecular formula is C14H24O2. The Morgan fingerprint density at radius 2 is 1.62 bits per heavy atom. The minimum atomic E-state index is -0.164. The van der Waals surface area contributed by atoms with Crippen molar-refractivity contribution in [2.45, 2.75) is 64.1 Å². The summed E-state index contributed by atoms with van der Waals surface area (Å²) < 4.78 is 11.6. The maximum absolute atomic E-state index is 5.82. The summed E-state index contributed by atoms with van der Waals surface area (Å²) >= 11 is 0. The molecule has 0 aromatic carbocycles. The average molecular weight is 224 g/mol. The molecular weight excluding hydrogens is 200 g/mol. The standard InChI is InChI=1S/C14H24O2/c1-2-13(11-12-3-4-12)5-7-14(8-6-13)15-9-10-16-14/h12H,2-11H2,1H3. The van der Waals surface area contributed by atoms with Crippen LogP contribution in [0.5, 0.6) is 0 Å². The summed E-state index contributed by atoms with van der Waals surface area (Å²) in [5, 5.41) is 0. The molecule has 0 amide bonds. The fraction of sp³-hybridized carbons (Fsp3) is 1.00. The zero-order chi connectivity index (χ0) is 11.1. The van der Waals surface area contributed by atoms with Gasteiger partial charge in [-0.1, -0.05) is 26.2 Å². The summed E-state index contributed by atoms with van der Waals surface area (Å²) in [6, 6.07) is 0. The lowest BCUT2D eigenvalue weighted by Gasteiger charge is -2.43. The van der Waals surface area contributed by atoms with Crippen molar-refractivity contribution in [1.29, 1.82) is 0 Å². The van der Waals surface area contributed by atoms with Crippen molar-refractivity contribution in [3.63, 3.8) is 0 Å². The maximum Gasteiger partial charge on any atom is 0.168 e. The monoisotopic (exact) mass is 224 g/mol. The van der Waals surface area contributed by atoms with Crippen LogP contribution in [0.4, 0.5) is 0 Å². The van der Waals surface area contributed by atoms with Crippen LogP contribution in [-0.2, 0) is 9.47 Å². The van der Waals surface area contributed by atoms with E-state index in [1.54, 1.807) is 0 Å². The molecule has 92 valence electrons. The van der Waals surface area contributed by atoms with Crippen molar-refractivity contribution in [3.8, 4) is 0 Å². The minimum Gasteiger partial charge on any atom is -0.348 e. The molecule has 3 aliphatic rings. The van der Waals surface area contributed by atoms with Crippen LogP contribution in [0.15, 0.2) is 0 Å². The van der Waals surface area contributed by atoms with Gasteiger partial charge in [-0.2, -0.15) is 0 Å². The van der Waals surface area contributed by atoms with Crippen LogP contribution in [0.3, 0.4) is 0 Å². The molecule has 3 rings (SSSR count). The lowest BCUT2D eigenvalue weighted by Crippen LogP contribution is -2.40. The SMILES string of the molecule is CCC1(CC2CC2)CCC2(CC1)OCCO2. The average Bonchev–Trinajstić information content (AvgIpc) is 3.01. The highest BCUT2D eigenvalue weighted by molar-refractivity contribution is 4.93. The zero-order valence-corrected chi connectivity index (χ0v) is 10.5. The first kappa shape index (κ1) is 11.0. The third-order valence-electron chi connectivity index (χ3n) is 5.05. The van der Waals surface area contributed by atoms with Crippen LogP contribution < -0.4 is 0 Å². The van der Waals surface area contributed by atoms with Gasteiger partial charge in [-0.05, 0) is 30.6 Å². The molecule has 1 heterocycles. The van der Waals surface area contributed by atoms with Crippen LogP contribution in [0, 0.1) is 11.3 Å². The quantitative estimate of drug-likeness (QED) is 0.730. The lowest BCUT2D eigenvalue weighted by molar-refractivity contribution is -0.193. The molecule has 1 spiro atoms. The summed E-state index contributed by atoms with van der Waals surface area (Å²) in [6.45, 7) is 3.99. The van der Waals surface area contributed by atoms with Gasteiger partial charge >= 0.3 is 0 Å². The zero-order valence-electron chi connectivity index (χ0n) is 10.5. The minimum absolute atomic E-state index is 0.164. The van der Waals surface area contributed by atoms with Gasteiger partial charge in [-0.3, -0.25) is 0 Å². The summed E-state index contributed by atoms with van der Waals surface area (Å²) in [5.74, 6) is 0.891. The highest BCUT2D eigenvalue weighted by Gasteiger charge is 2.46. The molecule has 0 aromatic rings. The van der Waals surface area contributed by atoms with E-state index in [0.717, 1.165) is 32.0 Å². The fourth-order valence-corrected chi connectivity index (χ4v) is 3.58. The van der Waals surface area contributed by atoms with Crippen LogP contribution >= 0.6 is 0 Å². The molecule has 16 heavy (non-hydrogen) atoms. The molecule has 2 heteroatoms. The van der Waals surface area contributed by atoms with Crippen LogP contribution in [0.1, 0.15) is 58.3 Å². The largest absolute Gasteiger partial charge is 0.348 e. The maximum atomic E-state index is 5.82. The molecule has 0 bridgehead atoms. The summed E-state index contributed by atoms with van der Waals surface area (Å²) in [4.78, 5) is 0. The van der Waals surface area contributed by atoms with E-state index in [-0.39, 0.29) is 5.79 Å². The predicted octanol–water partition coefficient (Wildman–Crippen LogP) is 3.50. The van der Waals surface area contributed by atoms with Gasteiger partial charge in [0.05, 0.1) is 13.2 Å². The van der Waals surface area contributed by atoms with E-state index >= 15 is 0 Å². The molecule has 1 saturated heterocycles. The smallest absolute Gasteiger partial charge is 0.168 e. The number of hydrogen-bond acceptors (Lipinski definition) is 2. The highest BCUT2D eigenvalue weighted by Crippen LogP contribution is 2.52. The number of ether oxygens (including phenoxy) is 2. The van der Waals surface area contributed by atoms with E-state index < -0.39 is 0 Å². The van der Waals surface area contributed by atoms with Crippen molar-refractivity contribution >= 4 is 0 Å². The first-order chi connectivity index (χ1) is 7.76.